The highest BCUT2D eigenvalue weighted by Crippen LogP contribution is 2.28. The summed E-state index contributed by atoms with van der Waals surface area (Å²) >= 11 is 0. The predicted octanol–water partition coefficient (Wildman–Crippen LogP) is 2.63. The van der Waals surface area contributed by atoms with E-state index in [-0.39, 0.29) is 0 Å². The van der Waals surface area contributed by atoms with Crippen LogP contribution in [0.25, 0.3) is 0 Å². The van der Waals surface area contributed by atoms with Crippen molar-refractivity contribution in [2.75, 3.05) is 20.7 Å². The van der Waals surface area contributed by atoms with E-state index in [9.17, 15) is 0 Å². The zero-order chi connectivity index (χ0) is 11.4. The molecular formula is C13H21NO. The first-order valence-electron chi connectivity index (χ1n) is 5.40. The van der Waals surface area contributed by atoms with E-state index in [0.29, 0.717) is 5.92 Å². The van der Waals surface area contributed by atoms with Gasteiger partial charge in [-0.2, -0.15) is 0 Å². The van der Waals surface area contributed by atoms with Crippen LogP contribution in [0.2, 0.25) is 0 Å². The van der Waals surface area contributed by atoms with Crippen LogP contribution in [0.4, 0.5) is 0 Å². The second kappa shape index (κ2) is 5.17. The van der Waals surface area contributed by atoms with E-state index >= 15 is 0 Å². The molecule has 0 amide bonds. The molecule has 1 N–H and O–H groups in total. The Morgan fingerprint density at radius 1 is 1.27 bits per heavy atom. The summed E-state index contributed by atoms with van der Waals surface area (Å²) in [5, 5.41) is 3.21. The summed E-state index contributed by atoms with van der Waals surface area (Å²) in [7, 11) is 3.71. The van der Waals surface area contributed by atoms with Crippen molar-refractivity contribution in [3.63, 3.8) is 0 Å². The van der Waals surface area contributed by atoms with Crippen LogP contribution in [0.3, 0.4) is 0 Å². The molecule has 0 aromatic heterocycles. The number of benzene rings is 1. The molecule has 0 aliphatic rings. The summed E-state index contributed by atoms with van der Waals surface area (Å²) in [6.45, 7) is 7.53. The van der Waals surface area contributed by atoms with Gasteiger partial charge >= 0.3 is 0 Å². The van der Waals surface area contributed by atoms with Gasteiger partial charge in [-0.3, -0.25) is 0 Å². The number of ether oxygens (including phenoxy) is 1. The van der Waals surface area contributed by atoms with Gasteiger partial charge in [0.25, 0.3) is 0 Å². The summed E-state index contributed by atoms with van der Waals surface area (Å²) in [4.78, 5) is 0. The summed E-state index contributed by atoms with van der Waals surface area (Å²) < 4.78 is 5.30. The molecule has 1 unspecified atom stereocenters. The lowest BCUT2D eigenvalue weighted by Crippen LogP contribution is -2.15. The van der Waals surface area contributed by atoms with Gasteiger partial charge in [-0.25, -0.2) is 0 Å². The van der Waals surface area contributed by atoms with Gasteiger partial charge in [0.05, 0.1) is 7.11 Å². The van der Waals surface area contributed by atoms with Crippen LogP contribution in [0.5, 0.6) is 5.75 Å². The van der Waals surface area contributed by atoms with Crippen molar-refractivity contribution < 1.29 is 4.74 Å². The Labute approximate surface area is 92.6 Å². The summed E-state index contributed by atoms with van der Waals surface area (Å²) in [5.74, 6) is 1.52. The molecule has 84 valence electrons. The Morgan fingerprint density at radius 2 is 1.93 bits per heavy atom. The molecule has 0 saturated heterocycles. The molecule has 2 heteroatoms. The van der Waals surface area contributed by atoms with Gasteiger partial charge in [0.15, 0.2) is 0 Å². The van der Waals surface area contributed by atoms with Crippen molar-refractivity contribution >= 4 is 0 Å². The second-order valence-corrected chi connectivity index (χ2v) is 4.07. The quantitative estimate of drug-likeness (QED) is 0.819. The molecule has 0 spiro atoms. The smallest absolute Gasteiger partial charge is 0.122 e. The van der Waals surface area contributed by atoms with Gasteiger partial charge in [0.1, 0.15) is 5.75 Å². The minimum Gasteiger partial charge on any atom is -0.496 e. The molecular weight excluding hydrogens is 186 g/mol. The van der Waals surface area contributed by atoms with E-state index in [0.717, 1.165) is 12.3 Å². The van der Waals surface area contributed by atoms with Crippen LogP contribution in [0.15, 0.2) is 12.1 Å². The lowest BCUT2D eigenvalue weighted by molar-refractivity contribution is 0.411. The van der Waals surface area contributed by atoms with Crippen molar-refractivity contribution in [2.24, 2.45) is 0 Å². The summed E-state index contributed by atoms with van der Waals surface area (Å²) in [6, 6.07) is 4.23. The minimum atomic E-state index is 0.541. The minimum absolute atomic E-state index is 0.541. The number of nitrogens with one attached hydrogen (secondary N) is 1. The third kappa shape index (κ3) is 2.51. The highest BCUT2D eigenvalue weighted by atomic mass is 16.5. The molecule has 1 aromatic carbocycles. The summed E-state index contributed by atoms with van der Waals surface area (Å²) in [6.07, 6.45) is 0. The third-order valence-electron chi connectivity index (χ3n) is 3.04. The monoisotopic (exact) mass is 207 g/mol. The standard InChI is InChI=1S/C13H21NO/c1-9(8-14-4)12-6-7-13(15-5)11(3)10(12)2/h6-7,9,14H,8H2,1-5H3. The van der Waals surface area contributed by atoms with Crippen molar-refractivity contribution in [3.05, 3.63) is 28.8 Å². The second-order valence-electron chi connectivity index (χ2n) is 4.07. The van der Waals surface area contributed by atoms with Crippen molar-refractivity contribution in [2.45, 2.75) is 26.7 Å². The van der Waals surface area contributed by atoms with Gasteiger partial charge in [-0.15, -0.1) is 0 Å². The molecule has 0 aliphatic heterocycles. The lowest BCUT2D eigenvalue weighted by Gasteiger charge is -2.17. The number of hydrogen-bond donors (Lipinski definition) is 1. The number of rotatable bonds is 4. The molecule has 15 heavy (non-hydrogen) atoms. The lowest BCUT2D eigenvalue weighted by atomic mass is 9.93. The van der Waals surface area contributed by atoms with Gasteiger partial charge < -0.3 is 10.1 Å². The zero-order valence-corrected chi connectivity index (χ0v) is 10.3. The van der Waals surface area contributed by atoms with E-state index in [1.165, 1.54) is 16.7 Å². The molecule has 0 fully saturated rings. The Hall–Kier alpha value is -1.02. The molecule has 1 rings (SSSR count). The average Bonchev–Trinajstić information content (AvgIpc) is 2.22. The fourth-order valence-corrected chi connectivity index (χ4v) is 1.99. The van der Waals surface area contributed by atoms with Crippen LogP contribution in [0, 0.1) is 13.8 Å². The average molecular weight is 207 g/mol. The highest BCUT2D eigenvalue weighted by Gasteiger charge is 2.11. The van der Waals surface area contributed by atoms with E-state index in [2.05, 4.69) is 38.2 Å². The predicted molar refractivity (Wildman–Crippen MR) is 64.8 cm³/mol. The number of methoxy groups -OCH3 is 1. The van der Waals surface area contributed by atoms with Crippen molar-refractivity contribution in [1.29, 1.82) is 0 Å². The van der Waals surface area contributed by atoms with Crippen LogP contribution < -0.4 is 10.1 Å². The fraction of sp³-hybridized carbons (Fsp3) is 0.538. The van der Waals surface area contributed by atoms with Crippen molar-refractivity contribution in [3.8, 4) is 5.75 Å². The Morgan fingerprint density at radius 3 is 2.47 bits per heavy atom. The first-order valence-corrected chi connectivity index (χ1v) is 5.40. The largest absolute Gasteiger partial charge is 0.496 e. The maximum atomic E-state index is 5.30. The highest BCUT2D eigenvalue weighted by molar-refractivity contribution is 5.44. The molecule has 0 heterocycles. The van der Waals surface area contributed by atoms with Crippen molar-refractivity contribution in [1.82, 2.24) is 5.32 Å². The SMILES string of the molecule is CNCC(C)c1ccc(OC)c(C)c1C. The third-order valence-corrected chi connectivity index (χ3v) is 3.04. The van der Waals surface area contributed by atoms with Gasteiger partial charge in [-0.1, -0.05) is 13.0 Å². The van der Waals surface area contributed by atoms with E-state index in [1.807, 2.05) is 7.05 Å². The van der Waals surface area contributed by atoms with Crippen LogP contribution in [0.1, 0.15) is 29.5 Å². The van der Waals surface area contributed by atoms with E-state index in [4.69, 9.17) is 4.74 Å². The Balaban J connectivity index is 3.06. The zero-order valence-electron chi connectivity index (χ0n) is 10.3. The maximum Gasteiger partial charge on any atom is 0.122 e. The van der Waals surface area contributed by atoms with Gasteiger partial charge in [0.2, 0.25) is 0 Å². The molecule has 2 nitrogen and oxygen atoms in total. The van der Waals surface area contributed by atoms with E-state index < -0.39 is 0 Å². The molecule has 1 aromatic rings. The Bertz CT molecular complexity index is 334. The van der Waals surface area contributed by atoms with Crippen LogP contribution >= 0.6 is 0 Å². The van der Waals surface area contributed by atoms with Crippen LogP contribution in [-0.4, -0.2) is 20.7 Å². The molecule has 1 atom stereocenters. The molecule has 0 saturated carbocycles. The molecule has 0 aliphatic carbocycles. The molecule has 0 bridgehead atoms. The summed E-state index contributed by atoms with van der Waals surface area (Å²) in [5.41, 5.74) is 4.00. The van der Waals surface area contributed by atoms with Gasteiger partial charge in [-0.05, 0) is 49.6 Å². The fourth-order valence-electron chi connectivity index (χ4n) is 1.99. The van der Waals surface area contributed by atoms with E-state index in [1.54, 1.807) is 7.11 Å². The molecule has 0 radical (unpaired) electrons. The first-order chi connectivity index (χ1) is 7.11. The first kappa shape index (κ1) is 12.1. The normalized spacial score (nSPS) is 12.6. The van der Waals surface area contributed by atoms with Crippen LogP contribution in [-0.2, 0) is 0 Å². The Kier molecular flexibility index (Phi) is 4.15. The maximum absolute atomic E-state index is 5.30. The number of hydrogen-bond acceptors (Lipinski definition) is 2. The topological polar surface area (TPSA) is 21.3 Å². The number of likely N-dealkylation sites (N-methyl/N-ethyl adjacent to an activating group) is 1. The van der Waals surface area contributed by atoms with Gasteiger partial charge in [0, 0.05) is 6.54 Å².